The van der Waals surface area contributed by atoms with Crippen molar-refractivity contribution in [3.63, 3.8) is 0 Å². The Morgan fingerprint density at radius 2 is 1.59 bits per heavy atom. The van der Waals surface area contributed by atoms with E-state index in [2.05, 4.69) is 5.32 Å². The standard InChI is InChI=1S/C21H29NO5/c1-12(15-10-17(25-2)20(27-4)18(11-15)26-3)22-21(24)16-8-13-6-5-7-14(9-16)19(13)23/h10-14,16H,5-9H2,1-4H3,(H,22,24)/t12-,13-,14+,16?/m1/s1. The van der Waals surface area contributed by atoms with Crippen molar-refractivity contribution in [3.8, 4) is 17.2 Å². The van der Waals surface area contributed by atoms with E-state index in [1.807, 2.05) is 19.1 Å². The predicted octanol–water partition coefficient (Wildman–Crippen LogP) is 3.29. The molecule has 0 radical (unpaired) electrons. The molecule has 6 nitrogen and oxygen atoms in total. The quantitative estimate of drug-likeness (QED) is 0.826. The van der Waals surface area contributed by atoms with Gasteiger partial charge in [0, 0.05) is 17.8 Å². The van der Waals surface area contributed by atoms with Crippen molar-refractivity contribution in [2.24, 2.45) is 17.8 Å². The Bertz CT molecular complexity index is 676. The maximum absolute atomic E-state index is 12.8. The van der Waals surface area contributed by atoms with Crippen molar-refractivity contribution in [1.29, 1.82) is 0 Å². The Labute approximate surface area is 160 Å². The summed E-state index contributed by atoms with van der Waals surface area (Å²) in [5, 5.41) is 3.11. The van der Waals surface area contributed by atoms with Gasteiger partial charge in [0.15, 0.2) is 11.5 Å². The number of benzene rings is 1. The molecule has 0 aromatic heterocycles. The first-order valence-electron chi connectivity index (χ1n) is 9.62. The number of carbonyl (C=O) groups is 2. The van der Waals surface area contributed by atoms with E-state index in [1.165, 1.54) is 0 Å². The van der Waals surface area contributed by atoms with Gasteiger partial charge in [-0.15, -0.1) is 0 Å². The zero-order chi connectivity index (χ0) is 19.6. The molecule has 2 bridgehead atoms. The summed E-state index contributed by atoms with van der Waals surface area (Å²) in [6.07, 6.45) is 4.34. The third kappa shape index (κ3) is 3.89. The van der Waals surface area contributed by atoms with Gasteiger partial charge in [-0.05, 0) is 50.3 Å². The Kier molecular flexibility index (Phi) is 5.92. The number of nitrogens with one attached hydrogen (secondary N) is 1. The average molecular weight is 375 g/mol. The molecule has 1 aromatic carbocycles. The molecule has 2 fully saturated rings. The first-order chi connectivity index (χ1) is 13.0. The van der Waals surface area contributed by atoms with E-state index < -0.39 is 0 Å². The summed E-state index contributed by atoms with van der Waals surface area (Å²) in [4.78, 5) is 25.1. The van der Waals surface area contributed by atoms with Gasteiger partial charge >= 0.3 is 0 Å². The second kappa shape index (κ2) is 8.19. The molecule has 0 heterocycles. The van der Waals surface area contributed by atoms with Crippen LogP contribution in [0.15, 0.2) is 12.1 Å². The highest BCUT2D eigenvalue weighted by Gasteiger charge is 2.41. The van der Waals surface area contributed by atoms with Gasteiger partial charge in [-0.3, -0.25) is 9.59 Å². The highest BCUT2D eigenvalue weighted by atomic mass is 16.5. The lowest BCUT2D eigenvalue weighted by atomic mass is 9.67. The Hall–Kier alpha value is -2.24. The van der Waals surface area contributed by atoms with Crippen molar-refractivity contribution < 1.29 is 23.8 Å². The van der Waals surface area contributed by atoms with Crippen molar-refractivity contribution in [3.05, 3.63) is 17.7 Å². The summed E-state index contributed by atoms with van der Waals surface area (Å²) in [7, 11) is 4.71. The van der Waals surface area contributed by atoms with Crippen LogP contribution in [0.1, 0.15) is 50.6 Å². The number of fused-ring (bicyclic) bond motifs is 2. The molecule has 1 N–H and O–H groups in total. The molecule has 27 heavy (non-hydrogen) atoms. The van der Waals surface area contributed by atoms with E-state index in [-0.39, 0.29) is 29.7 Å². The summed E-state index contributed by atoms with van der Waals surface area (Å²) in [5.74, 6) is 2.12. The molecular formula is C21H29NO5. The highest BCUT2D eigenvalue weighted by molar-refractivity contribution is 5.88. The summed E-state index contributed by atoms with van der Waals surface area (Å²) in [6.45, 7) is 1.94. The van der Waals surface area contributed by atoms with Gasteiger partial charge in [0.1, 0.15) is 5.78 Å². The number of hydrogen-bond acceptors (Lipinski definition) is 5. The number of ether oxygens (including phenoxy) is 3. The largest absolute Gasteiger partial charge is 0.493 e. The Morgan fingerprint density at radius 3 is 2.07 bits per heavy atom. The molecule has 1 unspecified atom stereocenters. The van der Waals surface area contributed by atoms with E-state index in [0.717, 1.165) is 24.8 Å². The first kappa shape index (κ1) is 19.5. The molecule has 2 aliphatic rings. The molecule has 2 saturated carbocycles. The molecule has 0 aliphatic heterocycles. The SMILES string of the molecule is COc1cc([C@@H](C)NC(=O)C2C[C@H]3CCC[C@@H](C2)C3=O)cc(OC)c1OC. The van der Waals surface area contributed by atoms with Crippen molar-refractivity contribution in [1.82, 2.24) is 5.32 Å². The van der Waals surface area contributed by atoms with Crippen molar-refractivity contribution in [2.75, 3.05) is 21.3 Å². The monoisotopic (exact) mass is 375 g/mol. The molecule has 1 amide bonds. The molecule has 6 heteroatoms. The van der Waals surface area contributed by atoms with Gasteiger partial charge in [-0.25, -0.2) is 0 Å². The van der Waals surface area contributed by atoms with Crippen LogP contribution >= 0.6 is 0 Å². The van der Waals surface area contributed by atoms with Crippen LogP contribution < -0.4 is 19.5 Å². The Morgan fingerprint density at radius 1 is 1.04 bits per heavy atom. The van der Waals surface area contributed by atoms with Crippen LogP contribution in [0.4, 0.5) is 0 Å². The van der Waals surface area contributed by atoms with Crippen LogP contribution in [0.2, 0.25) is 0 Å². The van der Waals surface area contributed by atoms with Gasteiger partial charge in [-0.1, -0.05) is 6.42 Å². The Balaban J connectivity index is 1.72. The molecule has 0 saturated heterocycles. The van der Waals surface area contributed by atoms with Gasteiger partial charge in [0.2, 0.25) is 11.7 Å². The minimum absolute atomic E-state index is 0.0284. The summed E-state index contributed by atoms with van der Waals surface area (Å²) < 4.78 is 16.1. The van der Waals surface area contributed by atoms with Crippen molar-refractivity contribution in [2.45, 2.75) is 45.1 Å². The zero-order valence-corrected chi connectivity index (χ0v) is 16.5. The minimum atomic E-state index is -0.205. The van der Waals surface area contributed by atoms with Crippen LogP contribution in [-0.2, 0) is 9.59 Å². The number of rotatable bonds is 6. The smallest absolute Gasteiger partial charge is 0.223 e. The van der Waals surface area contributed by atoms with E-state index in [1.54, 1.807) is 21.3 Å². The second-order valence-electron chi connectivity index (χ2n) is 7.58. The lowest BCUT2D eigenvalue weighted by Crippen LogP contribution is -2.43. The van der Waals surface area contributed by atoms with Gasteiger partial charge in [0.25, 0.3) is 0 Å². The first-order valence-corrected chi connectivity index (χ1v) is 9.62. The van der Waals surface area contributed by atoms with Crippen LogP contribution in [0.25, 0.3) is 0 Å². The minimum Gasteiger partial charge on any atom is -0.493 e. The van der Waals surface area contributed by atoms with Crippen LogP contribution in [-0.4, -0.2) is 33.0 Å². The number of carbonyl (C=O) groups excluding carboxylic acids is 2. The topological polar surface area (TPSA) is 73.9 Å². The van der Waals surface area contributed by atoms with E-state index in [9.17, 15) is 9.59 Å². The molecule has 2 aliphatic carbocycles. The fourth-order valence-electron chi connectivity index (χ4n) is 4.46. The molecule has 148 valence electrons. The normalized spacial score (nSPS) is 25.5. The lowest BCUT2D eigenvalue weighted by molar-refractivity contribution is -0.137. The van der Waals surface area contributed by atoms with Crippen LogP contribution in [0.5, 0.6) is 17.2 Å². The lowest BCUT2D eigenvalue weighted by Gasteiger charge is -2.37. The van der Waals surface area contributed by atoms with E-state index >= 15 is 0 Å². The molecule has 1 aromatic rings. The number of hydrogen-bond donors (Lipinski definition) is 1. The van der Waals surface area contributed by atoms with Gasteiger partial charge in [0.05, 0.1) is 27.4 Å². The van der Waals surface area contributed by atoms with E-state index in [0.29, 0.717) is 35.9 Å². The maximum Gasteiger partial charge on any atom is 0.223 e. The zero-order valence-electron chi connectivity index (χ0n) is 16.5. The maximum atomic E-state index is 12.8. The fourth-order valence-corrected chi connectivity index (χ4v) is 4.46. The number of amides is 1. The molecule has 4 atom stereocenters. The van der Waals surface area contributed by atoms with Crippen LogP contribution in [0, 0.1) is 17.8 Å². The molecule has 0 spiro atoms. The molecular weight excluding hydrogens is 346 g/mol. The highest BCUT2D eigenvalue weighted by Crippen LogP contribution is 2.41. The van der Waals surface area contributed by atoms with Crippen molar-refractivity contribution >= 4 is 11.7 Å². The molecule has 3 rings (SSSR count). The van der Waals surface area contributed by atoms with E-state index in [4.69, 9.17) is 14.2 Å². The third-order valence-electron chi connectivity index (χ3n) is 5.96. The van der Waals surface area contributed by atoms with Gasteiger partial charge in [-0.2, -0.15) is 0 Å². The number of methoxy groups -OCH3 is 3. The number of Topliss-reactive ketones (excluding diaryl/α,β-unsaturated/α-hetero) is 1. The fraction of sp³-hybridized carbons (Fsp3) is 0.619. The predicted molar refractivity (Wildman–Crippen MR) is 101 cm³/mol. The third-order valence-corrected chi connectivity index (χ3v) is 5.96. The van der Waals surface area contributed by atoms with Crippen LogP contribution in [0.3, 0.4) is 0 Å². The van der Waals surface area contributed by atoms with Gasteiger partial charge < -0.3 is 19.5 Å². The number of ketones is 1. The summed E-state index contributed by atoms with van der Waals surface area (Å²) in [6, 6.07) is 3.50. The average Bonchev–Trinajstić information content (AvgIpc) is 2.66. The summed E-state index contributed by atoms with van der Waals surface area (Å²) >= 11 is 0. The second-order valence-corrected chi connectivity index (χ2v) is 7.58. The summed E-state index contributed by atoms with van der Waals surface area (Å²) in [5.41, 5.74) is 0.880.